The Kier molecular flexibility index (Phi) is 3.83. The van der Waals surface area contributed by atoms with Gasteiger partial charge in [-0.05, 0) is 29.3 Å². The van der Waals surface area contributed by atoms with Crippen LogP contribution in [0.5, 0.6) is 0 Å². The molecule has 0 aliphatic rings. The molecule has 0 fully saturated rings. The van der Waals surface area contributed by atoms with Crippen molar-refractivity contribution in [1.82, 2.24) is 0 Å². The minimum absolute atomic E-state index is 0.378. The van der Waals surface area contributed by atoms with Crippen LogP contribution in [0.4, 0.5) is 13.2 Å². The molecule has 1 unspecified atom stereocenters. The minimum atomic E-state index is -4.38. The third kappa shape index (κ3) is 3.08. The first-order valence-electron chi connectivity index (χ1n) is 5.57. The zero-order valence-electron chi connectivity index (χ0n) is 9.79. The molecule has 2 rings (SSSR count). The average Bonchev–Trinajstić information content (AvgIpc) is 2.38. The molecule has 1 nitrogen and oxygen atoms in total. The van der Waals surface area contributed by atoms with Gasteiger partial charge in [0.15, 0.2) is 0 Å². The summed E-state index contributed by atoms with van der Waals surface area (Å²) in [7, 11) is 0. The van der Waals surface area contributed by atoms with E-state index in [1.807, 2.05) is 0 Å². The van der Waals surface area contributed by atoms with Gasteiger partial charge in [-0.3, -0.25) is 0 Å². The Bertz CT molecular complexity index is 581. The average molecular weight is 286 g/mol. The Morgan fingerprint density at radius 1 is 1.00 bits per heavy atom. The van der Waals surface area contributed by atoms with E-state index in [1.165, 1.54) is 6.07 Å². The van der Waals surface area contributed by atoms with Crippen LogP contribution in [0, 0.1) is 0 Å². The Labute approximate surface area is 113 Å². The van der Waals surface area contributed by atoms with E-state index in [2.05, 4.69) is 0 Å². The SMILES string of the molecule is NC(c1cccc(C(F)(F)F)c1)c1ccccc1Cl. The van der Waals surface area contributed by atoms with E-state index < -0.39 is 17.8 Å². The van der Waals surface area contributed by atoms with Gasteiger partial charge in [-0.1, -0.05) is 41.9 Å². The predicted molar refractivity (Wildman–Crippen MR) is 68.9 cm³/mol. The molecule has 0 saturated carbocycles. The summed E-state index contributed by atoms with van der Waals surface area (Å²) in [6.07, 6.45) is -4.38. The molecule has 0 heterocycles. The van der Waals surface area contributed by atoms with Crippen LogP contribution in [0.2, 0.25) is 5.02 Å². The Balaban J connectivity index is 2.40. The Morgan fingerprint density at radius 2 is 1.68 bits per heavy atom. The summed E-state index contributed by atoms with van der Waals surface area (Å²) in [6, 6.07) is 11.1. The fourth-order valence-electron chi connectivity index (χ4n) is 1.82. The van der Waals surface area contributed by atoms with Crippen molar-refractivity contribution < 1.29 is 13.2 Å². The number of halogens is 4. The van der Waals surface area contributed by atoms with Crippen LogP contribution < -0.4 is 5.73 Å². The summed E-state index contributed by atoms with van der Waals surface area (Å²) >= 11 is 6.00. The molecule has 5 heteroatoms. The number of hydrogen-bond donors (Lipinski definition) is 1. The first-order chi connectivity index (χ1) is 8.89. The fourth-order valence-corrected chi connectivity index (χ4v) is 2.07. The topological polar surface area (TPSA) is 26.0 Å². The van der Waals surface area contributed by atoms with Crippen LogP contribution >= 0.6 is 11.6 Å². The van der Waals surface area contributed by atoms with Gasteiger partial charge >= 0.3 is 6.18 Å². The maximum Gasteiger partial charge on any atom is 0.416 e. The summed E-state index contributed by atoms with van der Waals surface area (Å²) in [5.74, 6) is 0. The lowest BCUT2D eigenvalue weighted by atomic mass is 9.98. The van der Waals surface area contributed by atoms with Crippen LogP contribution in [0.25, 0.3) is 0 Å². The third-order valence-electron chi connectivity index (χ3n) is 2.81. The lowest BCUT2D eigenvalue weighted by Crippen LogP contribution is -2.14. The summed E-state index contributed by atoms with van der Waals surface area (Å²) < 4.78 is 37.9. The predicted octanol–water partition coefficient (Wildman–Crippen LogP) is 4.41. The van der Waals surface area contributed by atoms with E-state index in [9.17, 15) is 13.2 Å². The van der Waals surface area contributed by atoms with Gasteiger partial charge in [-0.15, -0.1) is 0 Å². The molecular formula is C14H11ClF3N. The quantitative estimate of drug-likeness (QED) is 0.869. The van der Waals surface area contributed by atoms with E-state index in [-0.39, 0.29) is 0 Å². The number of benzene rings is 2. The first-order valence-corrected chi connectivity index (χ1v) is 5.94. The van der Waals surface area contributed by atoms with Crippen LogP contribution in [-0.4, -0.2) is 0 Å². The van der Waals surface area contributed by atoms with Gasteiger partial charge in [-0.2, -0.15) is 13.2 Å². The van der Waals surface area contributed by atoms with Crippen molar-refractivity contribution >= 4 is 11.6 Å². The summed E-state index contributed by atoms with van der Waals surface area (Å²) in [4.78, 5) is 0. The number of hydrogen-bond acceptors (Lipinski definition) is 1. The number of rotatable bonds is 2. The van der Waals surface area contributed by atoms with E-state index in [0.29, 0.717) is 16.1 Å². The molecule has 2 aromatic rings. The van der Waals surface area contributed by atoms with Crippen molar-refractivity contribution in [1.29, 1.82) is 0 Å². The zero-order valence-corrected chi connectivity index (χ0v) is 10.5. The molecule has 0 bridgehead atoms. The van der Waals surface area contributed by atoms with E-state index in [4.69, 9.17) is 17.3 Å². The van der Waals surface area contributed by atoms with E-state index in [0.717, 1.165) is 12.1 Å². The molecule has 0 aliphatic heterocycles. The summed E-state index contributed by atoms with van der Waals surface area (Å²) in [6.45, 7) is 0. The Morgan fingerprint density at radius 3 is 2.32 bits per heavy atom. The molecule has 19 heavy (non-hydrogen) atoms. The first kappa shape index (κ1) is 13.9. The zero-order chi connectivity index (χ0) is 14.0. The maximum atomic E-state index is 12.6. The molecule has 0 amide bonds. The van der Waals surface area contributed by atoms with Crippen molar-refractivity contribution in [2.24, 2.45) is 5.73 Å². The van der Waals surface area contributed by atoms with Crippen LogP contribution in [0.3, 0.4) is 0 Å². The molecule has 0 spiro atoms. The molecule has 0 saturated heterocycles. The van der Waals surface area contributed by atoms with Crippen molar-refractivity contribution in [3.05, 3.63) is 70.2 Å². The molecule has 1 atom stereocenters. The highest BCUT2D eigenvalue weighted by molar-refractivity contribution is 6.31. The lowest BCUT2D eigenvalue weighted by Gasteiger charge is -2.16. The smallest absolute Gasteiger partial charge is 0.320 e. The van der Waals surface area contributed by atoms with Crippen molar-refractivity contribution in [3.63, 3.8) is 0 Å². The fraction of sp³-hybridized carbons (Fsp3) is 0.143. The second kappa shape index (κ2) is 5.23. The molecular weight excluding hydrogens is 275 g/mol. The van der Waals surface area contributed by atoms with E-state index in [1.54, 1.807) is 30.3 Å². The third-order valence-corrected chi connectivity index (χ3v) is 3.16. The van der Waals surface area contributed by atoms with E-state index >= 15 is 0 Å². The highest BCUT2D eigenvalue weighted by Crippen LogP contribution is 2.32. The highest BCUT2D eigenvalue weighted by Gasteiger charge is 2.30. The standard InChI is InChI=1S/C14H11ClF3N/c15-12-7-2-1-6-11(12)13(19)9-4-3-5-10(8-9)14(16,17)18/h1-8,13H,19H2. The van der Waals surface area contributed by atoms with Gasteiger partial charge in [0, 0.05) is 5.02 Å². The van der Waals surface area contributed by atoms with Crippen LogP contribution in [0.15, 0.2) is 48.5 Å². The second-order valence-electron chi connectivity index (χ2n) is 4.12. The van der Waals surface area contributed by atoms with Gasteiger partial charge < -0.3 is 5.73 Å². The van der Waals surface area contributed by atoms with Gasteiger partial charge in [0.25, 0.3) is 0 Å². The van der Waals surface area contributed by atoms with Crippen LogP contribution in [0.1, 0.15) is 22.7 Å². The molecule has 2 aromatic carbocycles. The molecule has 2 N–H and O–H groups in total. The van der Waals surface area contributed by atoms with Crippen molar-refractivity contribution in [2.75, 3.05) is 0 Å². The normalized spacial score (nSPS) is 13.3. The van der Waals surface area contributed by atoms with Gasteiger partial charge in [0.2, 0.25) is 0 Å². The van der Waals surface area contributed by atoms with Crippen molar-refractivity contribution in [3.8, 4) is 0 Å². The summed E-state index contributed by atoms with van der Waals surface area (Å²) in [5.41, 5.74) is 6.24. The Hall–Kier alpha value is -1.52. The van der Waals surface area contributed by atoms with Gasteiger partial charge in [-0.25, -0.2) is 0 Å². The van der Waals surface area contributed by atoms with Crippen molar-refractivity contribution in [2.45, 2.75) is 12.2 Å². The maximum absolute atomic E-state index is 12.6. The monoisotopic (exact) mass is 285 g/mol. The van der Waals surface area contributed by atoms with Gasteiger partial charge in [0.1, 0.15) is 0 Å². The number of nitrogens with two attached hydrogens (primary N) is 1. The lowest BCUT2D eigenvalue weighted by molar-refractivity contribution is -0.137. The summed E-state index contributed by atoms with van der Waals surface area (Å²) in [5, 5.41) is 0.437. The molecule has 0 aliphatic carbocycles. The van der Waals surface area contributed by atoms with Crippen LogP contribution in [-0.2, 0) is 6.18 Å². The largest absolute Gasteiger partial charge is 0.416 e. The number of alkyl halides is 3. The minimum Gasteiger partial charge on any atom is -0.320 e. The molecule has 0 radical (unpaired) electrons. The molecule has 0 aromatic heterocycles. The highest BCUT2D eigenvalue weighted by atomic mass is 35.5. The van der Waals surface area contributed by atoms with Gasteiger partial charge in [0.05, 0.1) is 11.6 Å². The second-order valence-corrected chi connectivity index (χ2v) is 4.53. The molecule has 100 valence electrons.